The molecule has 0 aliphatic carbocycles. The van der Waals surface area contributed by atoms with Gasteiger partial charge in [0.05, 0.1) is 17.5 Å². The third-order valence-corrected chi connectivity index (χ3v) is 7.44. The van der Waals surface area contributed by atoms with E-state index in [1.165, 1.54) is 18.7 Å². The summed E-state index contributed by atoms with van der Waals surface area (Å²) in [5.74, 6) is -0.0989. The molecular formula is C14H15ClN2O3S2. The van der Waals surface area contributed by atoms with Gasteiger partial charge in [0.15, 0.2) is 15.0 Å². The molecule has 0 spiro atoms. The minimum atomic E-state index is -3.06. The van der Waals surface area contributed by atoms with E-state index < -0.39 is 9.84 Å². The number of carbonyl (C=O) groups excluding carboxylic acids is 1. The van der Waals surface area contributed by atoms with E-state index in [-0.39, 0.29) is 28.7 Å². The predicted molar refractivity (Wildman–Crippen MR) is 90.6 cm³/mol. The third-order valence-electron chi connectivity index (χ3n) is 3.82. The first kappa shape index (κ1) is 15.8. The van der Waals surface area contributed by atoms with Crippen molar-refractivity contribution in [3.63, 3.8) is 0 Å². The SMILES string of the molecule is CC(=O)N=C1S[C@@H]2CS(=O)(=O)C[C@H]2N1c1cccc(Cl)c1C. The number of aliphatic imine (C=N–C) groups is 1. The second-order valence-corrected chi connectivity index (χ2v) is 9.24. The van der Waals surface area contributed by atoms with Gasteiger partial charge >= 0.3 is 0 Å². The first-order valence-electron chi connectivity index (χ1n) is 6.79. The smallest absolute Gasteiger partial charge is 0.244 e. The van der Waals surface area contributed by atoms with Crippen LogP contribution in [-0.2, 0) is 14.6 Å². The zero-order valence-electron chi connectivity index (χ0n) is 12.1. The van der Waals surface area contributed by atoms with E-state index in [9.17, 15) is 13.2 Å². The van der Waals surface area contributed by atoms with Crippen molar-refractivity contribution in [2.75, 3.05) is 16.4 Å². The molecular weight excluding hydrogens is 344 g/mol. The minimum Gasteiger partial charge on any atom is -0.315 e. The normalized spacial score (nSPS) is 28.1. The molecule has 0 radical (unpaired) electrons. The maximum Gasteiger partial charge on any atom is 0.244 e. The average Bonchev–Trinajstić information content (AvgIpc) is 2.84. The number of anilines is 1. The number of carbonyl (C=O) groups is 1. The Morgan fingerprint density at radius 3 is 2.82 bits per heavy atom. The summed E-state index contributed by atoms with van der Waals surface area (Å²) in [6.45, 7) is 3.27. The fraction of sp³-hybridized carbons (Fsp3) is 0.429. The van der Waals surface area contributed by atoms with Crippen molar-refractivity contribution in [1.29, 1.82) is 0 Å². The van der Waals surface area contributed by atoms with Crippen LogP contribution in [0.5, 0.6) is 0 Å². The van der Waals surface area contributed by atoms with Gasteiger partial charge in [-0.15, -0.1) is 0 Å². The fourth-order valence-electron chi connectivity index (χ4n) is 2.84. The van der Waals surface area contributed by atoms with E-state index in [2.05, 4.69) is 4.99 Å². The van der Waals surface area contributed by atoms with Crippen molar-refractivity contribution >= 4 is 50.0 Å². The van der Waals surface area contributed by atoms with E-state index in [0.29, 0.717) is 10.2 Å². The first-order valence-corrected chi connectivity index (χ1v) is 9.87. The highest BCUT2D eigenvalue weighted by Crippen LogP contribution is 2.42. The number of benzene rings is 1. The standard InChI is InChI=1S/C14H15ClN2O3S2/c1-8-10(15)4-3-5-11(8)17-12-6-22(19,20)7-13(12)21-14(17)16-9(2)18/h3-5,12-13H,6-7H2,1-2H3/t12-,13-/m1/s1. The molecule has 118 valence electrons. The number of amidine groups is 1. The lowest BCUT2D eigenvalue weighted by molar-refractivity contribution is -0.115. The zero-order chi connectivity index (χ0) is 16.1. The molecule has 0 N–H and O–H groups in total. The lowest BCUT2D eigenvalue weighted by Gasteiger charge is -2.26. The average molecular weight is 359 g/mol. The number of fused-ring (bicyclic) bond motifs is 1. The van der Waals surface area contributed by atoms with Crippen LogP contribution in [0.4, 0.5) is 5.69 Å². The number of hydrogen-bond acceptors (Lipinski definition) is 4. The van der Waals surface area contributed by atoms with Gasteiger partial charge in [-0.25, -0.2) is 8.42 Å². The monoisotopic (exact) mass is 358 g/mol. The van der Waals surface area contributed by atoms with Gasteiger partial charge in [0.1, 0.15) is 0 Å². The summed E-state index contributed by atoms with van der Waals surface area (Å²) in [7, 11) is -3.06. The molecule has 2 saturated heterocycles. The summed E-state index contributed by atoms with van der Waals surface area (Å²) in [6.07, 6.45) is 0. The first-order chi connectivity index (χ1) is 10.3. The molecule has 1 aromatic rings. The summed E-state index contributed by atoms with van der Waals surface area (Å²) in [5.41, 5.74) is 1.66. The van der Waals surface area contributed by atoms with Gasteiger partial charge in [-0.3, -0.25) is 4.79 Å². The van der Waals surface area contributed by atoms with Crippen LogP contribution in [0.1, 0.15) is 12.5 Å². The second kappa shape index (κ2) is 5.54. The van der Waals surface area contributed by atoms with Crippen molar-refractivity contribution in [3.8, 4) is 0 Å². The maximum absolute atomic E-state index is 11.9. The minimum absolute atomic E-state index is 0.0769. The quantitative estimate of drug-likeness (QED) is 0.770. The van der Waals surface area contributed by atoms with Crippen molar-refractivity contribution in [3.05, 3.63) is 28.8 Å². The van der Waals surface area contributed by atoms with E-state index >= 15 is 0 Å². The van der Waals surface area contributed by atoms with Gasteiger partial charge in [0.2, 0.25) is 5.91 Å². The third kappa shape index (κ3) is 2.77. The van der Waals surface area contributed by atoms with Crippen LogP contribution in [0.2, 0.25) is 5.02 Å². The summed E-state index contributed by atoms with van der Waals surface area (Å²) in [4.78, 5) is 17.3. The Kier molecular flexibility index (Phi) is 3.99. The van der Waals surface area contributed by atoms with Gasteiger partial charge in [-0.2, -0.15) is 4.99 Å². The zero-order valence-corrected chi connectivity index (χ0v) is 14.5. The number of sulfone groups is 1. The van der Waals surface area contributed by atoms with E-state index in [0.717, 1.165) is 11.3 Å². The lowest BCUT2D eigenvalue weighted by atomic mass is 10.1. The Balaban J connectivity index is 2.10. The maximum atomic E-state index is 11.9. The number of amides is 1. The van der Waals surface area contributed by atoms with Gasteiger partial charge in [-0.1, -0.05) is 29.4 Å². The topological polar surface area (TPSA) is 66.8 Å². The Bertz CT molecular complexity index is 776. The van der Waals surface area contributed by atoms with Gasteiger partial charge in [0, 0.05) is 22.9 Å². The number of nitrogens with zero attached hydrogens (tertiary/aromatic N) is 2. The van der Waals surface area contributed by atoms with Crippen molar-refractivity contribution in [2.45, 2.75) is 25.1 Å². The number of halogens is 1. The van der Waals surface area contributed by atoms with Gasteiger partial charge in [0.25, 0.3) is 0 Å². The van der Waals surface area contributed by atoms with Gasteiger partial charge in [-0.05, 0) is 24.6 Å². The van der Waals surface area contributed by atoms with E-state index in [1.54, 1.807) is 6.07 Å². The Labute approximate surface area is 138 Å². The number of rotatable bonds is 1. The second-order valence-electron chi connectivity index (χ2n) is 5.47. The largest absolute Gasteiger partial charge is 0.315 e. The molecule has 22 heavy (non-hydrogen) atoms. The highest BCUT2D eigenvalue weighted by Gasteiger charge is 2.49. The van der Waals surface area contributed by atoms with Crippen LogP contribution < -0.4 is 4.90 Å². The number of thioether (sulfide) groups is 1. The van der Waals surface area contributed by atoms with Crippen LogP contribution in [0.15, 0.2) is 23.2 Å². The molecule has 0 bridgehead atoms. The highest BCUT2D eigenvalue weighted by atomic mass is 35.5. The van der Waals surface area contributed by atoms with Crippen LogP contribution in [0.25, 0.3) is 0 Å². The van der Waals surface area contributed by atoms with Crippen molar-refractivity contribution in [2.24, 2.45) is 4.99 Å². The van der Waals surface area contributed by atoms with Crippen LogP contribution in [-0.4, -0.2) is 42.3 Å². The van der Waals surface area contributed by atoms with Crippen LogP contribution in [0, 0.1) is 6.92 Å². The molecule has 0 aromatic heterocycles. The van der Waals surface area contributed by atoms with Crippen LogP contribution in [0.3, 0.4) is 0 Å². The molecule has 1 amide bonds. The molecule has 2 aliphatic rings. The molecule has 0 saturated carbocycles. The highest BCUT2D eigenvalue weighted by molar-refractivity contribution is 8.16. The fourth-order valence-corrected chi connectivity index (χ4v) is 6.96. The van der Waals surface area contributed by atoms with E-state index in [1.807, 2.05) is 24.0 Å². The molecule has 8 heteroatoms. The lowest BCUT2D eigenvalue weighted by Crippen LogP contribution is -2.38. The Morgan fingerprint density at radius 2 is 2.14 bits per heavy atom. The Morgan fingerprint density at radius 1 is 1.41 bits per heavy atom. The molecule has 2 aliphatic heterocycles. The van der Waals surface area contributed by atoms with Crippen molar-refractivity contribution in [1.82, 2.24) is 0 Å². The number of hydrogen-bond donors (Lipinski definition) is 0. The summed E-state index contributed by atoms with van der Waals surface area (Å²) < 4.78 is 23.9. The summed E-state index contributed by atoms with van der Waals surface area (Å²) in [6, 6.07) is 5.28. The molecule has 1 aromatic carbocycles. The van der Waals surface area contributed by atoms with Crippen LogP contribution >= 0.6 is 23.4 Å². The van der Waals surface area contributed by atoms with Crippen molar-refractivity contribution < 1.29 is 13.2 Å². The Hall–Kier alpha value is -1.05. The molecule has 2 fully saturated rings. The summed E-state index contributed by atoms with van der Waals surface area (Å²) in [5, 5.41) is 1.07. The molecule has 2 heterocycles. The predicted octanol–water partition coefficient (Wildman–Crippen LogP) is 2.27. The van der Waals surface area contributed by atoms with E-state index in [4.69, 9.17) is 11.6 Å². The van der Waals surface area contributed by atoms with Gasteiger partial charge < -0.3 is 4.90 Å². The molecule has 2 atom stereocenters. The molecule has 5 nitrogen and oxygen atoms in total. The molecule has 0 unspecified atom stereocenters. The molecule has 3 rings (SSSR count). The summed E-state index contributed by atoms with van der Waals surface area (Å²) >= 11 is 7.55.